The summed E-state index contributed by atoms with van der Waals surface area (Å²) >= 11 is 0. The van der Waals surface area contributed by atoms with Gasteiger partial charge < -0.3 is 4.74 Å². The van der Waals surface area contributed by atoms with Gasteiger partial charge in [-0.15, -0.1) is 0 Å². The molecule has 0 atom stereocenters. The first-order valence-corrected chi connectivity index (χ1v) is 6.62. The van der Waals surface area contributed by atoms with Crippen LogP contribution in [0.25, 0.3) is 10.8 Å². The van der Waals surface area contributed by atoms with Crippen LogP contribution in [0, 0.1) is 11.7 Å². The summed E-state index contributed by atoms with van der Waals surface area (Å²) in [5, 5.41) is 2.00. The zero-order valence-corrected chi connectivity index (χ0v) is 10.6. The summed E-state index contributed by atoms with van der Waals surface area (Å²) in [6, 6.07) is 9.38. The summed E-state index contributed by atoms with van der Waals surface area (Å²) in [7, 11) is 0. The van der Waals surface area contributed by atoms with E-state index in [-0.39, 0.29) is 5.82 Å². The maximum atomic E-state index is 13.9. The molecular weight excluding hydrogens is 227 g/mol. The van der Waals surface area contributed by atoms with Crippen molar-refractivity contribution in [1.82, 2.24) is 0 Å². The molecule has 3 rings (SSSR count). The van der Waals surface area contributed by atoms with Gasteiger partial charge in [-0.1, -0.05) is 31.2 Å². The summed E-state index contributed by atoms with van der Waals surface area (Å²) in [5.74, 6) is 0.806. The number of fused-ring (bicyclic) bond motifs is 1. The van der Waals surface area contributed by atoms with Crippen molar-refractivity contribution in [2.75, 3.05) is 6.61 Å². The molecule has 0 amide bonds. The highest BCUT2D eigenvalue weighted by atomic mass is 19.1. The smallest absolute Gasteiger partial charge is 0.165 e. The van der Waals surface area contributed by atoms with Crippen molar-refractivity contribution in [2.24, 2.45) is 5.92 Å². The molecular formula is C16H17FO. The molecule has 0 saturated heterocycles. The number of hydrogen-bond donors (Lipinski definition) is 0. The Kier molecular flexibility index (Phi) is 2.94. The lowest BCUT2D eigenvalue weighted by Crippen LogP contribution is -2.02. The van der Waals surface area contributed by atoms with Crippen molar-refractivity contribution in [3.63, 3.8) is 0 Å². The van der Waals surface area contributed by atoms with E-state index in [4.69, 9.17) is 4.74 Å². The molecule has 2 aromatic rings. The lowest BCUT2D eigenvalue weighted by atomic mass is 10.0. The Labute approximate surface area is 107 Å². The molecule has 2 aromatic carbocycles. The van der Waals surface area contributed by atoms with Gasteiger partial charge in [-0.05, 0) is 42.2 Å². The highest BCUT2D eigenvalue weighted by Gasteiger charge is 2.23. The first-order chi connectivity index (χ1) is 8.79. The van der Waals surface area contributed by atoms with Crippen LogP contribution in [-0.2, 0) is 6.42 Å². The van der Waals surface area contributed by atoms with E-state index in [0.29, 0.717) is 18.3 Å². The van der Waals surface area contributed by atoms with E-state index in [0.717, 1.165) is 17.2 Å². The van der Waals surface area contributed by atoms with Gasteiger partial charge in [0.15, 0.2) is 11.6 Å². The SMILES string of the molecule is CCc1cccc2c(OCC3CC3)c(F)ccc12. The standard InChI is InChI=1S/C16H17FO/c1-2-12-4-3-5-14-13(12)8-9-15(17)16(14)18-10-11-6-7-11/h3-5,8-9,11H,2,6-7,10H2,1H3. The first-order valence-electron chi connectivity index (χ1n) is 6.62. The van der Waals surface area contributed by atoms with Gasteiger partial charge in [0.1, 0.15) is 0 Å². The van der Waals surface area contributed by atoms with Crippen LogP contribution in [-0.4, -0.2) is 6.61 Å². The summed E-state index contributed by atoms with van der Waals surface area (Å²) < 4.78 is 19.6. The van der Waals surface area contributed by atoms with Gasteiger partial charge in [0.05, 0.1) is 6.61 Å². The molecule has 0 N–H and O–H groups in total. The summed E-state index contributed by atoms with van der Waals surface area (Å²) in [5.41, 5.74) is 1.24. The van der Waals surface area contributed by atoms with Gasteiger partial charge in [-0.3, -0.25) is 0 Å². The van der Waals surface area contributed by atoms with Crippen LogP contribution in [0.1, 0.15) is 25.3 Å². The van der Waals surface area contributed by atoms with Crippen molar-refractivity contribution in [2.45, 2.75) is 26.2 Å². The molecule has 1 nitrogen and oxygen atoms in total. The molecule has 1 saturated carbocycles. The molecule has 0 aromatic heterocycles. The van der Waals surface area contributed by atoms with Crippen molar-refractivity contribution in [1.29, 1.82) is 0 Å². The number of ether oxygens (including phenoxy) is 1. The van der Waals surface area contributed by atoms with Gasteiger partial charge in [0.25, 0.3) is 0 Å². The normalized spacial score (nSPS) is 15.0. The fraction of sp³-hybridized carbons (Fsp3) is 0.375. The van der Waals surface area contributed by atoms with Crippen molar-refractivity contribution in [3.8, 4) is 5.75 Å². The predicted molar refractivity (Wildman–Crippen MR) is 71.5 cm³/mol. The molecule has 1 fully saturated rings. The van der Waals surface area contributed by atoms with Crippen LogP contribution in [0.2, 0.25) is 0 Å². The summed E-state index contributed by atoms with van der Waals surface area (Å²) in [6.07, 6.45) is 3.38. The molecule has 1 aliphatic carbocycles. The minimum absolute atomic E-state index is 0.253. The highest BCUT2D eigenvalue weighted by Crippen LogP contribution is 2.34. The Morgan fingerprint density at radius 1 is 1.17 bits per heavy atom. The van der Waals surface area contributed by atoms with Gasteiger partial charge >= 0.3 is 0 Å². The minimum Gasteiger partial charge on any atom is -0.490 e. The van der Waals surface area contributed by atoms with Gasteiger partial charge in [0.2, 0.25) is 0 Å². The second-order valence-corrected chi connectivity index (χ2v) is 5.00. The van der Waals surface area contributed by atoms with Crippen LogP contribution in [0.5, 0.6) is 5.75 Å². The second kappa shape index (κ2) is 4.60. The van der Waals surface area contributed by atoms with Crippen LogP contribution >= 0.6 is 0 Å². The minimum atomic E-state index is -0.253. The quantitative estimate of drug-likeness (QED) is 0.777. The molecule has 0 spiro atoms. The lowest BCUT2D eigenvalue weighted by molar-refractivity contribution is 0.289. The molecule has 2 heteroatoms. The molecule has 94 valence electrons. The summed E-state index contributed by atoms with van der Waals surface area (Å²) in [4.78, 5) is 0. The number of benzene rings is 2. The molecule has 0 bridgehead atoms. The van der Waals surface area contributed by atoms with Crippen LogP contribution in [0.4, 0.5) is 4.39 Å². The Bertz CT molecular complexity index is 573. The number of hydrogen-bond acceptors (Lipinski definition) is 1. The Balaban J connectivity index is 2.06. The topological polar surface area (TPSA) is 9.23 Å². The number of aryl methyl sites for hydroxylation is 1. The molecule has 18 heavy (non-hydrogen) atoms. The molecule has 1 aliphatic rings. The predicted octanol–water partition coefficient (Wildman–Crippen LogP) is 4.33. The zero-order chi connectivity index (χ0) is 12.5. The molecule has 0 aliphatic heterocycles. The van der Waals surface area contributed by atoms with E-state index >= 15 is 0 Å². The van der Waals surface area contributed by atoms with E-state index in [1.54, 1.807) is 0 Å². The zero-order valence-electron chi connectivity index (χ0n) is 10.6. The molecule has 0 radical (unpaired) electrons. The van der Waals surface area contributed by atoms with E-state index in [9.17, 15) is 4.39 Å². The van der Waals surface area contributed by atoms with Crippen molar-refractivity contribution in [3.05, 3.63) is 41.7 Å². The molecule has 0 unspecified atom stereocenters. The lowest BCUT2D eigenvalue weighted by Gasteiger charge is -2.12. The fourth-order valence-electron chi connectivity index (χ4n) is 2.31. The van der Waals surface area contributed by atoms with Crippen LogP contribution < -0.4 is 4.74 Å². The van der Waals surface area contributed by atoms with Crippen LogP contribution in [0.15, 0.2) is 30.3 Å². The Hall–Kier alpha value is -1.57. The third-order valence-electron chi connectivity index (χ3n) is 3.60. The summed E-state index contributed by atoms with van der Waals surface area (Å²) in [6.45, 7) is 2.76. The monoisotopic (exact) mass is 244 g/mol. The third kappa shape index (κ3) is 2.07. The van der Waals surface area contributed by atoms with Crippen LogP contribution in [0.3, 0.4) is 0 Å². The average molecular weight is 244 g/mol. The van der Waals surface area contributed by atoms with Gasteiger partial charge in [-0.2, -0.15) is 0 Å². The maximum absolute atomic E-state index is 13.9. The third-order valence-corrected chi connectivity index (χ3v) is 3.60. The van der Waals surface area contributed by atoms with E-state index in [1.165, 1.54) is 24.5 Å². The van der Waals surface area contributed by atoms with E-state index < -0.39 is 0 Å². The van der Waals surface area contributed by atoms with E-state index in [2.05, 4.69) is 13.0 Å². The van der Waals surface area contributed by atoms with E-state index in [1.807, 2.05) is 18.2 Å². The van der Waals surface area contributed by atoms with Gasteiger partial charge in [-0.25, -0.2) is 4.39 Å². The van der Waals surface area contributed by atoms with Crippen molar-refractivity contribution < 1.29 is 9.13 Å². The van der Waals surface area contributed by atoms with Gasteiger partial charge in [0, 0.05) is 5.39 Å². The first kappa shape index (κ1) is 11.5. The average Bonchev–Trinajstić information content (AvgIpc) is 3.20. The fourth-order valence-corrected chi connectivity index (χ4v) is 2.31. The molecule has 0 heterocycles. The van der Waals surface area contributed by atoms with Crippen molar-refractivity contribution >= 4 is 10.8 Å². The number of rotatable bonds is 4. The maximum Gasteiger partial charge on any atom is 0.165 e. The Morgan fingerprint density at radius 3 is 2.72 bits per heavy atom. The second-order valence-electron chi connectivity index (χ2n) is 5.00. The number of halogens is 1. The Morgan fingerprint density at radius 2 is 2.00 bits per heavy atom. The largest absolute Gasteiger partial charge is 0.490 e. The highest BCUT2D eigenvalue weighted by molar-refractivity contribution is 5.91.